The Kier molecular flexibility index (Phi) is 4.19. The Balaban J connectivity index is 1.77. The molecule has 0 heterocycles. The fourth-order valence-electron chi connectivity index (χ4n) is 3.72. The van der Waals surface area contributed by atoms with Crippen LogP contribution >= 0.6 is 0 Å². The Bertz CT molecular complexity index is 405. The van der Waals surface area contributed by atoms with Crippen molar-refractivity contribution in [3.8, 4) is 0 Å². The van der Waals surface area contributed by atoms with E-state index < -0.39 is 0 Å². The summed E-state index contributed by atoms with van der Waals surface area (Å²) in [5, 5.41) is 0. The maximum absolute atomic E-state index is 5.86. The number of rotatable bonds is 4. The first-order valence-corrected chi connectivity index (χ1v) is 7.94. The second-order valence-electron chi connectivity index (χ2n) is 6.34. The molecule has 2 aliphatic carbocycles. The second-order valence-corrected chi connectivity index (χ2v) is 6.34. The zero-order chi connectivity index (χ0) is 13.1. The number of hydrazine groups is 1. The molecule has 3 N–H and O–H groups in total. The molecule has 2 heteroatoms. The highest BCUT2D eigenvalue weighted by Crippen LogP contribution is 2.39. The average molecular weight is 258 g/mol. The summed E-state index contributed by atoms with van der Waals surface area (Å²) in [7, 11) is 0. The van der Waals surface area contributed by atoms with Crippen LogP contribution in [0.4, 0.5) is 0 Å². The molecular formula is C17H26N2. The van der Waals surface area contributed by atoms with E-state index >= 15 is 0 Å². The minimum absolute atomic E-state index is 0.348. The molecule has 1 aromatic carbocycles. The third-order valence-electron chi connectivity index (χ3n) is 5.15. The van der Waals surface area contributed by atoms with Crippen molar-refractivity contribution in [2.75, 3.05) is 0 Å². The highest BCUT2D eigenvalue weighted by molar-refractivity contribution is 5.30. The summed E-state index contributed by atoms with van der Waals surface area (Å²) in [5.41, 5.74) is 6.02. The van der Waals surface area contributed by atoms with Gasteiger partial charge in [-0.2, -0.15) is 0 Å². The summed E-state index contributed by atoms with van der Waals surface area (Å²) in [6.07, 6.45) is 10.9. The van der Waals surface area contributed by atoms with Gasteiger partial charge in [-0.05, 0) is 48.6 Å². The largest absolute Gasteiger partial charge is 0.271 e. The van der Waals surface area contributed by atoms with Crippen LogP contribution in [0, 0.1) is 5.92 Å². The van der Waals surface area contributed by atoms with Crippen LogP contribution in [0.25, 0.3) is 0 Å². The summed E-state index contributed by atoms with van der Waals surface area (Å²) in [6, 6.07) is 9.52. The molecule has 19 heavy (non-hydrogen) atoms. The predicted octanol–water partition coefficient (Wildman–Crippen LogP) is 4.04. The van der Waals surface area contributed by atoms with Gasteiger partial charge in [0.1, 0.15) is 0 Å². The monoisotopic (exact) mass is 258 g/mol. The standard InChI is InChI=1S/C17H26N2/c18-19-17(14-6-2-1-3-7-14)16-11-5-10-15(12-16)13-8-4-9-13/h5,10-14,17,19H,1-4,6-9,18H2. The Morgan fingerprint density at radius 2 is 1.79 bits per heavy atom. The Morgan fingerprint density at radius 1 is 1.00 bits per heavy atom. The van der Waals surface area contributed by atoms with Crippen molar-refractivity contribution >= 4 is 0 Å². The van der Waals surface area contributed by atoms with Crippen molar-refractivity contribution in [2.45, 2.75) is 63.3 Å². The maximum Gasteiger partial charge on any atom is 0.0488 e. The summed E-state index contributed by atoms with van der Waals surface area (Å²) < 4.78 is 0. The molecule has 1 aromatic rings. The lowest BCUT2D eigenvalue weighted by molar-refractivity contribution is 0.273. The van der Waals surface area contributed by atoms with Gasteiger partial charge in [-0.3, -0.25) is 11.3 Å². The highest BCUT2D eigenvalue weighted by atomic mass is 15.2. The molecule has 2 saturated carbocycles. The zero-order valence-corrected chi connectivity index (χ0v) is 11.8. The first-order valence-electron chi connectivity index (χ1n) is 7.94. The second kappa shape index (κ2) is 6.06. The van der Waals surface area contributed by atoms with Crippen LogP contribution in [0.15, 0.2) is 24.3 Å². The van der Waals surface area contributed by atoms with Crippen LogP contribution in [0.5, 0.6) is 0 Å². The predicted molar refractivity (Wildman–Crippen MR) is 79.7 cm³/mol. The van der Waals surface area contributed by atoms with Gasteiger partial charge in [0.15, 0.2) is 0 Å². The molecule has 0 aromatic heterocycles. The number of hydrogen-bond donors (Lipinski definition) is 2. The molecule has 0 radical (unpaired) electrons. The molecule has 0 spiro atoms. The molecule has 0 bridgehead atoms. The van der Waals surface area contributed by atoms with Crippen molar-refractivity contribution < 1.29 is 0 Å². The van der Waals surface area contributed by atoms with Crippen LogP contribution in [-0.4, -0.2) is 0 Å². The van der Waals surface area contributed by atoms with Crippen LogP contribution in [0.3, 0.4) is 0 Å². The van der Waals surface area contributed by atoms with Crippen molar-refractivity contribution in [1.82, 2.24) is 5.43 Å². The van der Waals surface area contributed by atoms with Crippen molar-refractivity contribution in [3.63, 3.8) is 0 Å². The lowest BCUT2D eigenvalue weighted by Gasteiger charge is -2.31. The molecular weight excluding hydrogens is 232 g/mol. The van der Waals surface area contributed by atoms with E-state index in [1.807, 2.05) is 0 Å². The smallest absolute Gasteiger partial charge is 0.0488 e. The summed E-state index contributed by atoms with van der Waals surface area (Å²) >= 11 is 0. The van der Waals surface area contributed by atoms with Gasteiger partial charge in [0.2, 0.25) is 0 Å². The number of nitrogens with two attached hydrogens (primary N) is 1. The van der Waals surface area contributed by atoms with Crippen molar-refractivity contribution in [2.24, 2.45) is 11.8 Å². The molecule has 0 aliphatic heterocycles. The zero-order valence-electron chi connectivity index (χ0n) is 11.8. The SMILES string of the molecule is NNC(c1cccc(C2CCC2)c1)C1CCCCC1. The summed E-state index contributed by atoms with van der Waals surface area (Å²) in [6.45, 7) is 0. The molecule has 1 atom stereocenters. The first-order chi connectivity index (χ1) is 9.38. The minimum Gasteiger partial charge on any atom is -0.271 e. The van der Waals surface area contributed by atoms with Crippen molar-refractivity contribution in [1.29, 1.82) is 0 Å². The first kappa shape index (κ1) is 13.1. The van der Waals surface area contributed by atoms with Crippen LogP contribution in [0.1, 0.15) is 74.5 Å². The molecule has 104 valence electrons. The molecule has 2 fully saturated rings. The number of hydrogen-bond acceptors (Lipinski definition) is 2. The normalized spacial score (nSPS) is 23.0. The average Bonchev–Trinajstić information content (AvgIpc) is 2.39. The van der Waals surface area contributed by atoms with Crippen LogP contribution in [-0.2, 0) is 0 Å². The van der Waals surface area contributed by atoms with E-state index in [4.69, 9.17) is 5.84 Å². The minimum atomic E-state index is 0.348. The Morgan fingerprint density at radius 3 is 2.42 bits per heavy atom. The molecule has 1 unspecified atom stereocenters. The Hall–Kier alpha value is -0.860. The molecule has 0 saturated heterocycles. The van der Waals surface area contributed by atoms with E-state index in [-0.39, 0.29) is 0 Å². The van der Waals surface area contributed by atoms with Gasteiger partial charge in [0.05, 0.1) is 0 Å². The summed E-state index contributed by atoms with van der Waals surface area (Å²) in [4.78, 5) is 0. The van der Waals surface area contributed by atoms with E-state index in [9.17, 15) is 0 Å². The molecule has 3 rings (SSSR count). The van der Waals surface area contributed by atoms with E-state index in [1.165, 1.54) is 62.5 Å². The Labute approximate surface area is 116 Å². The van der Waals surface area contributed by atoms with E-state index in [0.29, 0.717) is 6.04 Å². The maximum atomic E-state index is 5.86. The van der Waals surface area contributed by atoms with Gasteiger partial charge in [0, 0.05) is 6.04 Å². The third kappa shape index (κ3) is 2.85. The fourth-order valence-corrected chi connectivity index (χ4v) is 3.72. The quantitative estimate of drug-likeness (QED) is 0.632. The number of benzene rings is 1. The van der Waals surface area contributed by atoms with Gasteiger partial charge >= 0.3 is 0 Å². The topological polar surface area (TPSA) is 38.0 Å². The van der Waals surface area contributed by atoms with Gasteiger partial charge in [-0.25, -0.2) is 0 Å². The molecule has 2 aliphatic rings. The van der Waals surface area contributed by atoms with Gasteiger partial charge in [0.25, 0.3) is 0 Å². The van der Waals surface area contributed by atoms with Gasteiger partial charge in [-0.1, -0.05) is 49.9 Å². The van der Waals surface area contributed by atoms with Crippen LogP contribution < -0.4 is 11.3 Å². The van der Waals surface area contributed by atoms with E-state index in [0.717, 1.165) is 11.8 Å². The number of nitrogens with one attached hydrogen (secondary N) is 1. The summed E-state index contributed by atoms with van der Waals surface area (Å²) in [5.74, 6) is 7.39. The van der Waals surface area contributed by atoms with Gasteiger partial charge in [-0.15, -0.1) is 0 Å². The molecule has 0 amide bonds. The van der Waals surface area contributed by atoms with E-state index in [2.05, 4.69) is 29.7 Å². The van der Waals surface area contributed by atoms with Crippen molar-refractivity contribution in [3.05, 3.63) is 35.4 Å². The fraction of sp³-hybridized carbons (Fsp3) is 0.647. The van der Waals surface area contributed by atoms with E-state index in [1.54, 1.807) is 0 Å². The van der Waals surface area contributed by atoms with Crippen LogP contribution in [0.2, 0.25) is 0 Å². The lowest BCUT2D eigenvalue weighted by atomic mass is 9.77. The lowest BCUT2D eigenvalue weighted by Crippen LogP contribution is -2.34. The van der Waals surface area contributed by atoms with Gasteiger partial charge < -0.3 is 0 Å². The molecule has 2 nitrogen and oxygen atoms in total. The third-order valence-corrected chi connectivity index (χ3v) is 5.15. The highest BCUT2D eigenvalue weighted by Gasteiger charge is 2.25.